The van der Waals surface area contributed by atoms with E-state index in [4.69, 9.17) is 0 Å². The van der Waals surface area contributed by atoms with E-state index in [0.29, 0.717) is 11.4 Å². The quantitative estimate of drug-likeness (QED) is 0.166. The number of hydrogen-bond acceptors (Lipinski definition) is 0. The first-order valence-electron chi connectivity index (χ1n) is 15.7. The highest BCUT2D eigenvalue weighted by atomic mass is 19.4. The Bertz CT molecular complexity index is 2350. The van der Waals surface area contributed by atoms with Crippen molar-refractivity contribution in [1.82, 2.24) is 9.13 Å². The van der Waals surface area contributed by atoms with Crippen molar-refractivity contribution in [3.05, 3.63) is 156 Å². The molecule has 8 heteroatoms. The normalized spacial score (nSPS) is 12.9. The molecule has 0 saturated carbocycles. The van der Waals surface area contributed by atoms with Crippen LogP contribution in [0.25, 0.3) is 55.0 Å². The van der Waals surface area contributed by atoms with E-state index in [0.717, 1.165) is 79.0 Å². The van der Waals surface area contributed by atoms with Crippen molar-refractivity contribution >= 4 is 43.6 Å². The zero-order chi connectivity index (χ0) is 34.3. The van der Waals surface area contributed by atoms with Crippen LogP contribution in [0.4, 0.5) is 26.3 Å². The summed E-state index contributed by atoms with van der Waals surface area (Å²) < 4.78 is 94.7. The summed E-state index contributed by atoms with van der Waals surface area (Å²) in [5.74, 6) is 0. The Morgan fingerprint density at radius 1 is 0.388 bits per heavy atom. The highest BCUT2D eigenvalue weighted by Gasteiger charge is 2.72. The van der Waals surface area contributed by atoms with Crippen LogP contribution in [-0.2, 0) is 5.41 Å². The number of fused-ring (bicyclic) bond motifs is 6. The zero-order valence-electron chi connectivity index (χ0n) is 26.4. The van der Waals surface area contributed by atoms with E-state index >= 15 is 26.3 Å². The molecule has 0 saturated heterocycles. The highest BCUT2D eigenvalue weighted by molar-refractivity contribution is 6.10. The Labute approximate surface area is 277 Å². The molecule has 0 aliphatic carbocycles. The molecule has 0 aliphatic rings. The van der Waals surface area contributed by atoms with Crippen molar-refractivity contribution in [3.63, 3.8) is 0 Å². The van der Waals surface area contributed by atoms with Gasteiger partial charge in [0.2, 0.25) is 5.41 Å². The molecular weight excluding hydrogens is 634 g/mol. The third-order valence-electron chi connectivity index (χ3n) is 9.62. The molecule has 6 aromatic carbocycles. The Morgan fingerprint density at radius 2 is 0.735 bits per heavy atom. The number of nitrogens with zero attached hydrogens (tertiary/aromatic N) is 2. The van der Waals surface area contributed by atoms with Gasteiger partial charge >= 0.3 is 12.4 Å². The predicted octanol–water partition coefficient (Wildman–Crippen LogP) is 11.9. The van der Waals surface area contributed by atoms with Crippen LogP contribution in [0.5, 0.6) is 0 Å². The number of aromatic nitrogens is 2. The lowest BCUT2D eigenvalue weighted by molar-refractivity contribution is -0.288. The molecule has 0 unspecified atom stereocenters. The number of benzene rings is 6. The number of aryl methyl sites for hydroxylation is 2. The molecule has 0 aliphatic heterocycles. The van der Waals surface area contributed by atoms with Gasteiger partial charge in [0.1, 0.15) is 0 Å². The molecule has 2 heterocycles. The van der Waals surface area contributed by atoms with Crippen molar-refractivity contribution in [2.24, 2.45) is 0 Å². The lowest BCUT2D eigenvalue weighted by Crippen LogP contribution is -2.54. The van der Waals surface area contributed by atoms with E-state index in [1.807, 2.05) is 108 Å². The molecule has 0 amide bonds. The molecule has 244 valence electrons. The lowest BCUT2D eigenvalue weighted by atomic mass is 9.73. The summed E-state index contributed by atoms with van der Waals surface area (Å²) >= 11 is 0. The number of hydrogen-bond donors (Lipinski definition) is 0. The van der Waals surface area contributed by atoms with Gasteiger partial charge in [-0.25, -0.2) is 0 Å². The topological polar surface area (TPSA) is 9.86 Å². The first-order valence-corrected chi connectivity index (χ1v) is 15.7. The smallest absolute Gasteiger partial charge is 0.309 e. The van der Waals surface area contributed by atoms with Crippen LogP contribution in [0.1, 0.15) is 22.3 Å². The SMILES string of the molecule is Cc1ccc2c(c1)c1ccccc1n2-c1ccc(C(c2ccc(-n3c4ccccc4c4cc(C)ccc43)cc2)(C(F)(F)F)C(F)(F)F)cc1. The van der Waals surface area contributed by atoms with Crippen molar-refractivity contribution in [3.8, 4) is 11.4 Å². The van der Waals surface area contributed by atoms with Crippen LogP contribution in [0, 0.1) is 13.8 Å². The molecule has 8 rings (SSSR count). The molecule has 0 radical (unpaired) electrons. The maximum Gasteiger partial charge on any atom is 0.411 e. The van der Waals surface area contributed by atoms with Gasteiger partial charge in [-0.2, -0.15) is 26.3 Å². The minimum Gasteiger partial charge on any atom is -0.309 e. The molecule has 8 aromatic rings. The second kappa shape index (κ2) is 10.8. The van der Waals surface area contributed by atoms with Crippen molar-refractivity contribution in [2.45, 2.75) is 31.6 Å². The summed E-state index contributed by atoms with van der Waals surface area (Å²) in [6, 6.07) is 36.0. The Hall–Kier alpha value is -5.50. The van der Waals surface area contributed by atoms with Gasteiger partial charge in [-0.15, -0.1) is 0 Å². The van der Waals surface area contributed by atoms with Gasteiger partial charge in [0.05, 0.1) is 22.1 Å². The van der Waals surface area contributed by atoms with Crippen molar-refractivity contribution in [2.75, 3.05) is 0 Å². The average Bonchev–Trinajstić information content (AvgIpc) is 3.57. The fourth-order valence-electron chi connectivity index (χ4n) is 7.43. The summed E-state index contributed by atoms with van der Waals surface area (Å²) in [7, 11) is 0. The number of rotatable bonds is 4. The van der Waals surface area contributed by atoms with Crippen molar-refractivity contribution in [1.29, 1.82) is 0 Å². The van der Waals surface area contributed by atoms with Crippen LogP contribution in [0.15, 0.2) is 133 Å². The summed E-state index contributed by atoms with van der Waals surface area (Å²) in [4.78, 5) is 0. The van der Waals surface area contributed by atoms with Crippen molar-refractivity contribution < 1.29 is 26.3 Å². The maximum absolute atomic E-state index is 15.2. The van der Waals surface area contributed by atoms with Gasteiger partial charge in [-0.05, 0) is 85.6 Å². The minimum atomic E-state index is -5.71. The van der Waals surface area contributed by atoms with Crippen LogP contribution in [0.3, 0.4) is 0 Å². The Balaban J connectivity index is 1.29. The Kier molecular flexibility index (Phi) is 6.76. The number of alkyl halides is 6. The second-order valence-electron chi connectivity index (χ2n) is 12.6. The van der Waals surface area contributed by atoms with Crippen LogP contribution < -0.4 is 0 Å². The Morgan fingerprint density at radius 3 is 1.10 bits per heavy atom. The first-order chi connectivity index (χ1) is 23.4. The molecule has 49 heavy (non-hydrogen) atoms. The van der Waals surface area contributed by atoms with Gasteiger partial charge in [-0.3, -0.25) is 0 Å². The van der Waals surface area contributed by atoms with E-state index in [-0.39, 0.29) is 0 Å². The third kappa shape index (κ3) is 4.50. The molecule has 2 nitrogen and oxygen atoms in total. The average molecular weight is 663 g/mol. The van der Waals surface area contributed by atoms with E-state index in [9.17, 15) is 0 Å². The summed E-state index contributed by atoms with van der Waals surface area (Å²) in [5, 5.41) is 3.75. The second-order valence-corrected chi connectivity index (χ2v) is 12.6. The zero-order valence-corrected chi connectivity index (χ0v) is 26.4. The van der Waals surface area contributed by atoms with E-state index < -0.39 is 28.9 Å². The highest BCUT2D eigenvalue weighted by Crippen LogP contribution is 2.56. The van der Waals surface area contributed by atoms with Crippen LogP contribution >= 0.6 is 0 Å². The fraction of sp³-hybridized carbons (Fsp3) is 0.122. The molecular formula is C41H28F6N2. The minimum absolute atomic E-state index is 0.453. The summed E-state index contributed by atoms with van der Waals surface area (Å²) in [6.07, 6.45) is -11.4. The van der Waals surface area contributed by atoms with E-state index in [2.05, 4.69) is 0 Å². The summed E-state index contributed by atoms with van der Waals surface area (Å²) in [5.41, 5.74) is 0.0716. The van der Waals surface area contributed by atoms with Gasteiger partial charge in [0.15, 0.2) is 0 Å². The number of para-hydroxylation sites is 2. The maximum atomic E-state index is 15.2. The molecule has 0 bridgehead atoms. The van der Waals surface area contributed by atoms with Gasteiger partial charge in [0, 0.05) is 32.9 Å². The van der Waals surface area contributed by atoms with Gasteiger partial charge < -0.3 is 9.13 Å². The third-order valence-corrected chi connectivity index (χ3v) is 9.62. The van der Waals surface area contributed by atoms with Gasteiger partial charge in [0.25, 0.3) is 0 Å². The largest absolute Gasteiger partial charge is 0.411 e. The number of halogens is 6. The first kappa shape index (κ1) is 30.8. The fourth-order valence-corrected chi connectivity index (χ4v) is 7.43. The molecule has 2 aromatic heterocycles. The van der Waals surface area contributed by atoms with Crippen LogP contribution in [0.2, 0.25) is 0 Å². The lowest BCUT2D eigenvalue weighted by Gasteiger charge is -2.38. The molecule has 0 N–H and O–H groups in total. The van der Waals surface area contributed by atoms with Crippen LogP contribution in [-0.4, -0.2) is 21.5 Å². The van der Waals surface area contributed by atoms with E-state index in [1.165, 1.54) is 24.3 Å². The molecule has 0 fully saturated rings. The monoisotopic (exact) mass is 662 g/mol. The predicted molar refractivity (Wildman–Crippen MR) is 184 cm³/mol. The molecule has 0 atom stereocenters. The van der Waals surface area contributed by atoms with E-state index in [1.54, 1.807) is 0 Å². The summed E-state index contributed by atoms with van der Waals surface area (Å²) in [6.45, 7) is 3.93. The molecule has 0 spiro atoms. The van der Waals surface area contributed by atoms with Gasteiger partial charge in [-0.1, -0.05) is 83.9 Å². The standard InChI is InChI=1S/C41H28F6N2/c1-25-11-21-37-33(23-25)31-7-3-5-9-35(31)48(37)29-17-13-27(14-18-29)39(40(42,43)44,41(45,46)47)28-15-19-30(20-16-28)49-36-10-6-4-8-32(36)34-24-26(2)12-22-38(34)49/h3-24H,1-2H3.